The smallest absolute Gasteiger partial charge is 0.252 e. The van der Waals surface area contributed by atoms with Crippen LogP contribution in [0.3, 0.4) is 0 Å². The van der Waals surface area contributed by atoms with Gasteiger partial charge >= 0.3 is 0 Å². The van der Waals surface area contributed by atoms with Crippen LogP contribution in [0.4, 0.5) is 4.39 Å². The van der Waals surface area contributed by atoms with E-state index in [0.29, 0.717) is 33.5 Å². The molecule has 30 heavy (non-hydrogen) atoms. The molecule has 0 saturated heterocycles. The number of halogens is 2. The van der Waals surface area contributed by atoms with Gasteiger partial charge in [0.2, 0.25) is 0 Å². The molecule has 2 heterocycles. The Morgan fingerprint density at radius 2 is 2.03 bits per heavy atom. The van der Waals surface area contributed by atoms with Crippen LogP contribution in [0, 0.1) is 5.82 Å². The zero-order valence-corrected chi connectivity index (χ0v) is 18.4. The van der Waals surface area contributed by atoms with Crippen LogP contribution >= 0.6 is 15.9 Å². The number of allylic oxidation sites excluding steroid dienone is 1. The Hall–Kier alpha value is -3.06. The van der Waals surface area contributed by atoms with Gasteiger partial charge in [-0.15, -0.1) is 0 Å². The van der Waals surface area contributed by atoms with Crippen molar-refractivity contribution < 1.29 is 9.18 Å². The number of hydrogen-bond acceptors (Lipinski definition) is 3. The molecular weight excluding hydrogens is 447 g/mol. The second kappa shape index (κ2) is 9.63. The van der Waals surface area contributed by atoms with Crippen LogP contribution < -0.4 is 5.32 Å². The fraction of sp³-hybridized carbons (Fsp3) is 0.174. The first kappa shape index (κ1) is 21.6. The van der Waals surface area contributed by atoms with Crippen molar-refractivity contribution in [3.05, 3.63) is 88.7 Å². The number of nitrogens with one attached hydrogen (secondary N) is 1. The summed E-state index contributed by atoms with van der Waals surface area (Å²) in [6, 6.07) is 11.4. The van der Waals surface area contributed by atoms with Crippen molar-refractivity contribution in [3.63, 3.8) is 0 Å². The second-order valence-electron chi connectivity index (χ2n) is 6.56. The summed E-state index contributed by atoms with van der Waals surface area (Å²) in [7, 11) is 0. The molecule has 1 atom stereocenters. The predicted octanol–water partition coefficient (Wildman–Crippen LogP) is 5.48. The molecule has 0 spiro atoms. The van der Waals surface area contributed by atoms with E-state index in [1.54, 1.807) is 42.1 Å². The standard InChI is InChI=1S/C23H22BrFN4O/c1-4-17(23(30)28-19(5-2)20-8-7-9-22(24)27-20)18-14-26-29(21(18)6-3)16-12-10-15(25)11-13-16/h4,6-14,19H,3,5H2,1-2H3,(H,28,30)/b17-4+. The lowest BCUT2D eigenvalue weighted by atomic mass is 10.0. The van der Waals surface area contributed by atoms with E-state index in [1.165, 1.54) is 12.1 Å². The Balaban J connectivity index is 1.91. The van der Waals surface area contributed by atoms with Crippen LogP contribution in [0.25, 0.3) is 17.3 Å². The largest absolute Gasteiger partial charge is 0.344 e. The first-order valence-electron chi connectivity index (χ1n) is 9.54. The fourth-order valence-corrected chi connectivity index (χ4v) is 3.56. The van der Waals surface area contributed by atoms with Crippen LogP contribution in [0.15, 0.2) is 65.9 Å². The highest BCUT2D eigenvalue weighted by atomic mass is 79.9. The summed E-state index contributed by atoms with van der Waals surface area (Å²) >= 11 is 3.37. The van der Waals surface area contributed by atoms with Gasteiger partial charge in [0.05, 0.1) is 29.3 Å². The molecule has 7 heteroatoms. The molecule has 0 aliphatic rings. The molecule has 0 fully saturated rings. The Morgan fingerprint density at radius 3 is 2.63 bits per heavy atom. The van der Waals surface area contributed by atoms with E-state index < -0.39 is 0 Å². The monoisotopic (exact) mass is 468 g/mol. The zero-order chi connectivity index (χ0) is 21.7. The molecule has 0 saturated carbocycles. The average Bonchev–Trinajstić information content (AvgIpc) is 3.16. The summed E-state index contributed by atoms with van der Waals surface area (Å²) in [6.45, 7) is 7.66. The summed E-state index contributed by atoms with van der Waals surface area (Å²) < 4.78 is 15.6. The van der Waals surface area contributed by atoms with E-state index in [1.807, 2.05) is 25.1 Å². The number of nitrogens with zero attached hydrogens (tertiary/aromatic N) is 3. The quantitative estimate of drug-likeness (QED) is 0.368. The van der Waals surface area contributed by atoms with Crippen molar-refractivity contribution in [1.29, 1.82) is 0 Å². The van der Waals surface area contributed by atoms with Crippen LogP contribution in [0.5, 0.6) is 0 Å². The number of hydrogen-bond donors (Lipinski definition) is 1. The zero-order valence-electron chi connectivity index (χ0n) is 16.8. The molecule has 2 aromatic heterocycles. The SMILES string of the molecule is C=Cc1c(/C(=C\C)C(=O)NC(CC)c2cccc(Br)n2)cnn1-c1ccc(F)cc1. The van der Waals surface area contributed by atoms with Gasteiger partial charge in [-0.1, -0.05) is 25.6 Å². The van der Waals surface area contributed by atoms with E-state index >= 15 is 0 Å². The van der Waals surface area contributed by atoms with Crippen molar-refractivity contribution in [2.24, 2.45) is 0 Å². The molecule has 0 bridgehead atoms. The molecule has 0 aliphatic carbocycles. The maximum Gasteiger partial charge on any atom is 0.252 e. The van der Waals surface area contributed by atoms with Gasteiger partial charge in [-0.2, -0.15) is 5.10 Å². The van der Waals surface area contributed by atoms with E-state index in [-0.39, 0.29) is 17.8 Å². The van der Waals surface area contributed by atoms with Crippen molar-refractivity contribution in [2.75, 3.05) is 0 Å². The minimum absolute atomic E-state index is 0.229. The molecule has 154 valence electrons. The first-order chi connectivity index (χ1) is 14.5. The topological polar surface area (TPSA) is 59.8 Å². The van der Waals surface area contributed by atoms with Gasteiger partial charge in [0.25, 0.3) is 5.91 Å². The summed E-state index contributed by atoms with van der Waals surface area (Å²) in [5.41, 5.74) is 3.23. The third-order valence-electron chi connectivity index (χ3n) is 4.70. The van der Waals surface area contributed by atoms with Crippen molar-refractivity contribution in [2.45, 2.75) is 26.3 Å². The molecule has 1 N–H and O–H groups in total. The summed E-state index contributed by atoms with van der Waals surface area (Å²) in [6.07, 6.45) is 5.69. The highest BCUT2D eigenvalue weighted by Gasteiger charge is 2.22. The fourth-order valence-electron chi connectivity index (χ4n) is 3.20. The molecule has 3 rings (SSSR count). The Kier molecular flexibility index (Phi) is 6.95. The van der Waals surface area contributed by atoms with Crippen molar-refractivity contribution >= 4 is 33.5 Å². The van der Waals surface area contributed by atoms with E-state index in [4.69, 9.17) is 0 Å². The van der Waals surface area contributed by atoms with Crippen molar-refractivity contribution in [1.82, 2.24) is 20.1 Å². The molecular formula is C23H22BrFN4O. The Morgan fingerprint density at radius 1 is 1.30 bits per heavy atom. The number of carbonyl (C=O) groups excluding carboxylic acids is 1. The normalized spacial score (nSPS) is 12.5. The van der Waals surface area contributed by atoms with E-state index in [9.17, 15) is 9.18 Å². The number of amides is 1. The lowest BCUT2D eigenvalue weighted by molar-refractivity contribution is -0.116. The lowest BCUT2D eigenvalue weighted by Gasteiger charge is -2.18. The van der Waals surface area contributed by atoms with Gasteiger partial charge in [-0.05, 0) is 71.7 Å². The predicted molar refractivity (Wildman–Crippen MR) is 120 cm³/mol. The second-order valence-corrected chi connectivity index (χ2v) is 7.37. The first-order valence-corrected chi connectivity index (χ1v) is 10.3. The van der Waals surface area contributed by atoms with Crippen LogP contribution in [-0.4, -0.2) is 20.7 Å². The van der Waals surface area contributed by atoms with E-state index in [0.717, 1.165) is 5.69 Å². The van der Waals surface area contributed by atoms with Crippen molar-refractivity contribution in [3.8, 4) is 5.69 Å². The minimum atomic E-state index is -0.327. The highest BCUT2D eigenvalue weighted by Crippen LogP contribution is 2.25. The van der Waals surface area contributed by atoms with Gasteiger partial charge in [0.15, 0.2) is 0 Å². The number of aromatic nitrogens is 3. The molecule has 5 nitrogen and oxygen atoms in total. The summed E-state index contributed by atoms with van der Waals surface area (Å²) in [5, 5.41) is 7.45. The molecule has 0 aliphatic heterocycles. The summed E-state index contributed by atoms with van der Waals surface area (Å²) in [5.74, 6) is -0.556. The number of pyridine rings is 1. The lowest BCUT2D eigenvalue weighted by Crippen LogP contribution is -2.29. The number of rotatable bonds is 7. The van der Waals surface area contributed by atoms with Gasteiger partial charge in [0, 0.05) is 11.1 Å². The maximum absolute atomic E-state index is 13.3. The molecule has 3 aromatic rings. The molecule has 1 aromatic carbocycles. The molecule has 0 radical (unpaired) electrons. The minimum Gasteiger partial charge on any atom is -0.344 e. The van der Waals surface area contributed by atoms with Crippen LogP contribution in [0.2, 0.25) is 0 Å². The van der Waals surface area contributed by atoms with Gasteiger partial charge in [-0.3, -0.25) is 4.79 Å². The molecule has 1 unspecified atom stereocenters. The average molecular weight is 469 g/mol. The third kappa shape index (κ3) is 4.57. The number of benzene rings is 1. The van der Waals surface area contributed by atoms with Crippen LogP contribution in [-0.2, 0) is 4.79 Å². The maximum atomic E-state index is 13.3. The van der Waals surface area contributed by atoms with Gasteiger partial charge < -0.3 is 5.32 Å². The van der Waals surface area contributed by atoms with Gasteiger partial charge in [-0.25, -0.2) is 14.1 Å². The van der Waals surface area contributed by atoms with E-state index in [2.05, 4.69) is 37.9 Å². The Bertz CT molecular complexity index is 1090. The Labute approximate surface area is 183 Å². The number of carbonyl (C=O) groups is 1. The van der Waals surface area contributed by atoms with Crippen LogP contribution in [0.1, 0.15) is 43.3 Å². The van der Waals surface area contributed by atoms with Gasteiger partial charge in [0.1, 0.15) is 10.4 Å². The third-order valence-corrected chi connectivity index (χ3v) is 5.14. The molecule has 1 amide bonds. The highest BCUT2D eigenvalue weighted by molar-refractivity contribution is 9.10. The summed E-state index contributed by atoms with van der Waals surface area (Å²) in [4.78, 5) is 17.6.